The van der Waals surface area contributed by atoms with Crippen molar-refractivity contribution in [1.82, 2.24) is 15.2 Å². The standard InChI is InChI=1S/C21H25N3O3/c1-14-20(15-9-11-24(14)12-10-15)23-21(25)16-3-5-17(6-4-16)27-18-7-8-19(26-2)22-13-18/h3-8,13-15,20H,9-12H2,1-2H3,(H,23,25). The van der Waals surface area contributed by atoms with Crippen molar-refractivity contribution in [3.8, 4) is 17.4 Å². The van der Waals surface area contributed by atoms with Crippen molar-refractivity contribution >= 4 is 5.91 Å². The number of rotatable bonds is 5. The molecule has 2 aromatic rings. The maximum atomic E-state index is 12.7. The molecule has 0 saturated carbocycles. The molecular weight excluding hydrogens is 342 g/mol. The number of hydrogen-bond donors (Lipinski definition) is 1. The number of pyridine rings is 1. The highest BCUT2D eigenvalue weighted by Crippen LogP contribution is 2.32. The van der Waals surface area contributed by atoms with Gasteiger partial charge in [-0.25, -0.2) is 4.98 Å². The van der Waals surface area contributed by atoms with E-state index in [9.17, 15) is 4.79 Å². The molecule has 1 aromatic heterocycles. The Balaban J connectivity index is 1.38. The molecule has 5 rings (SSSR count). The predicted octanol–water partition coefficient (Wildman–Crippen LogP) is 3.10. The van der Waals surface area contributed by atoms with Crippen LogP contribution in [0.15, 0.2) is 42.6 Å². The van der Waals surface area contributed by atoms with Crippen molar-refractivity contribution < 1.29 is 14.3 Å². The van der Waals surface area contributed by atoms with E-state index in [0.717, 1.165) is 13.1 Å². The van der Waals surface area contributed by atoms with Gasteiger partial charge >= 0.3 is 0 Å². The van der Waals surface area contributed by atoms with Crippen molar-refractivity contribution in [2.45, 2.75) is 31.8 Å². The van der Waals surface area contributed by atoms with Crippen molar-refractivity contribution in [2.24, 2.45) is 5.92 Å². The zero-order valence-corrected chi connectivity index (χ0v) is 15.7. The van der Waals surface area contributed by atoms with Gasteiger partial charge in [-0.1, -0.05) is 0 Å². The molecular formula is C21H25N3O3. The summed E-state index contributed by atoms with van der Waals surface area (Å²) in [5.74, 6) is 2.40. The van der Waals surface area contributed by atoms with Gasteiger partial charge in [0.25, 0.3) is 5.91 Å². The Kier molecular flexibility index (Phi) is 4.99. The summed E-state index contributed by atoms with van der Waals surface area (Å²) < 4.78 is 10.8. The van der Waals surface area contributed by atoms with Crippen molar-refractivity contribution in [1.29, 1.82) is 0 Å². The minimum absolute atomic E-state index is 0.0155. The van der Waals surface area contributed by atoms with Gasteiger partial charge in [0.1, 0.15) is 11.5 Å². The molecule has 3 aliphatic rings. The highest BCUT2D eigenvalue weighted by atomic mass is 16.5. The third-order valence-corrected chi connectivity index (χ3v) is 5.75. The van der Waals surface area contributed by atoms with Gasteiger partial charge in [-0.15, -0.1) is 0 Å². The first-order valence-electron chi connectivity index (χ1n) is 9.47. The summed E-state index contributed by atoms with van der Waals surface area (Å²) in [7, 11) is 1.57. The zero-order valence-electron chi connectivity index (χ0n) is 15.7. The van der Waals surface area contributed by atoms with E-state index in [1.54, 1.807) is 49.7 Å². The number of ether oxygens (including phenoxy) is 2. The van der Waals surface area contributed by atoms with Crippen LogP contribution in [0.2, 0.25) is 0 Å². The highest BCUT2D eigenvalue weighted by molar-refractivity contribution is 5.94. The molecule has 2 atom stereocenters. The van der Waals surface area contributed by atoms with Crippen LogP contribution in [0, 0.1) is 5.92 Å². The molecule has 3 aliphatic heterocycles. The monoisotopic (exact) mass is 367 g/mol. The van der Waals surface area contributed by atoms with Gasteiger partial charge in [-0.05, 0) is 69.1 Å². The van der Waals surface area contributed by atoms with E-state index in [2.05, 4.69) is 22.1 Å². The molecule has 0 aliphatic carbocycles. The third kappa shape index (κ3) is 3.76. The zero-order chi connectivity index (χ0) is 18.8. The summed E-state index contributed by atoms with van der Waals surface area (Å²) in [6.07, 6.45) is 3.96. The molecule has 1 N–H and O–H groups in total. The first-order valence-corrected chi connectivity index (χ1v) is 9.47. The summed E-state index contributed by atoms with van der Waals surface area (Å²) >= 11 is 0. The molecule has 3 fully saturated rings. The number of methoxy groups -OCH3 is 1. The van der Waals surface area contributed by atoms with Crippen LogP contribution in [0.3, 0.4) is 0 Å². The summed E-state index contributed by atoms with van der Waals surface area (Å²) in [6, 6.07) is 11.4. The minimum atomic E-state index is -0.0155. The van der Waals surface area contributed by atoms with E-state index in [-0.39, 0.29) is 11.9 Å². The fourth-order valence-corrected chi connectivity index (χ4v) is 4.14. The number of carbonyl (C=O) groups is 1. The lowest BCUT2D eigenvalue weighted by Gasteiger charge is -2.49. The Morgan fingerprint density at radius 2 is 1.81 bits per heavy atom. The second-order valence-corrected chi connectivity index (χ2v) is 7.28. The van der Waals surface area contributed by atoms with Gasteiger partial charge in [-0.3, -0.25) is 9.69 Å². The fraction of sp³-hybridized carbons (Fsp3) is 0.429. The Labute approximate surface area is 159 Å². The van der Waals surface area contributed by atoms with E-state index < -0.39 is 0 Å². The lowest BCUT2D eigenvalue weighted by Crippen LogP contribution is -2.62. The number of carbonyl (C=O) groups excluding carboxylic acids is 1. The van der Waals surface area contributed by atoms with Gasteiger partial charge in [0, 0.05) is 23.7 Å². The van der Waals surface area contributed by atoms with Crippen LogP contribution in [0.4, 0.5) is 0 Å². The number of nitrogens with zero attached hydrogens (tertiary/aromatic N) is 2. The number of fused-ring (bicyclic) bond motifs is 3. The molecule has 1 amide bonds. The second kappa shape index (κ2) is 7.56. The fourth-order valence-electron chi connectivity index (χ4n) is 4.14. The number of hydrogen-bond acceptors (Lipinski definition) is 5. The number of nitrogens with one attached hydrogen (secondary N) is 1. The molecule has 6 nitrogen and oxygen atoms in total. The van der Waals surface area contributed by atoms with Gasteiger partial charge in [-0.2, -0.15) is 0 Å². The van der Waals surface area contributed by atoms with Crippen LogP contribution >= 0.6 is 0 Å². The SMILES string of the molecule is COc1ccc(Oc2ccc(C(=O)NC3C4CCN(CC4)C3C)cc2)cn1. The molecule has 2 unspecified atom stereocenters. The summed E-state index contributed by atoms with van der Waals surface area (Å²) in [4.78, 5) is 19.3. The summed E-state index contributed by atoms with van der Waals surface area (Å²) in [5, 5.41) is 3.25. The van der Waals surface area contributed by atoms with Crippen molar-refractivity contribution in [2.75, 3.05) is 20.2 Å². The van der Waals surface area contributed by atoms with Gasteiger partial charge < -0.3 is 14.8 Å². The quantitative estimate of drug-likeness (QED) is 0.880. The number of amides is 1. The number of aromatic nitrogens is 1. The Morgan fingerprint density at radius 1 is 1.11 bits per heavy atom. The van der Waals surface area contributed by atoms with Crippen molar-refractivity contribution in [3.05, 3.63) is 48.2 Å². The van der Waals surface area contributed by atoms with Crippen LogP contribution in [0.25, 0.3) is 0 Å². The number of benzene rings is 1. The van der Waals surface area contributed by atoms with Crippen LogP contribution in [0.5, 0.6) is 17.4 Å². The Bertz CT molecular complexity index is 781. The molecule has 0 spiro atoms. The highest BCUT2D eigenvalue weighted by Gasteiger charge is 2.40. The first kappa shape index (κ1) is 17.8. The third-order valence-electron chi connectivity index (χ3n) is 5.75. The second-order valence-electron chi connectivity index (χ2n) is 7.28. The van der Waals surface area contributed by atoms with E-state index in [1.807, 2.05) is 0 Å². The van der Waals surface area contributed by atoms with Crippen molar-refractivity contribution in [3.63, 3.8) is 0 Å². The van der Waals surface area contributed by atoms with Crippen LogP contribution in [-0.4, -0.2) is 48.1 Å². The van der Waals surface area contributed by atoms with Crippen LogP contribution < -0.4 is 14.8 Å². The molecule has 2 bridgehead atoms. The van der Waals surface area contributed by atoms with Gasteiger partial charge in [0.15, 0.2) is 0 Å². The predicted molar refractivity (Wildman–Crippen MR) is 102 cm³/mol. The summed E-state index contributed by atoms with van der Waals surface area (Å²) in [5.41, 5.74) is 0.652. The van der Waals surface area contributed by atoms with Crippen LogP contribution in [0.1, 0.15) is 30.1 Å². The molecule has 6 heteroatoms. The van der Waals surface area contributed by atoms with Gasteiger partial charge in [0.05, 0.1) is 13.3 Å². The topological polar surface area (TPSA) is 63.7 Å². The van der Waals surface area contributed by atoms with Gasteiger partial charge in [0.2, 0.25) is 5.88 Å². The average molecular weight is 367 g/mol. The Morgan fingerprint density at radius 3 is 2.41 bits per heavy atom. The van der Waals surface area contributed by atoms with E-state index in [4.69, 9.17) is 9.47 Å². The van der Waals surface area contributed by atoms with E-state index >= 15 is 0 Å². The van der Waals surface area contributed by atoms with Crippen LogP contribution in [-0.2, 0) is 0 Å². The maximum Gasteiger partial charge on any atom is 0.251 e. The largest absolute Gasteiger partial charge is 0.481 e. The lowest BCUT2D eigenvalue weighted by atomic mass is 9.79. The summed E-state index contributed by atoms with van der Waals surface area (Å²) in [6.45, 7) is 4.53. The number of piperidine rings is 3. The lowest BCUT2D eigenvalue weighted by molar-refractivity contribution is 0.0217. The smallest absolute Gasteiger partial charge is 0.251 e. The van der Waals surface area contributed by atoms with E-state index in [1.165, 1.54) is 12.8 Å². The molecule has 142 valence electrons. The first-order chi connectivity index (χ1) is 13.1. The van der Waals surface area contributed by atoms with E-state index in [0.29, 0.717) is 34.9 Å². The molecule has 27 heavy (non-hydrogen) atoms. The molecule has 1 aromatic carbocycles. The molecule has 4 heterocycles. The maximum absolute atomic E-state index is 12.7. The normalized spacial score (nSPS) is 26.4. The minimum Gasteiger partial charge on any atom is -0.481 e. The molecule has 0 radical (unpaired) electrons. The Hall–Kier alpha value is -2.60. The molecule has 3 saturated heterocycles. The average Bonchev–Trinajstić information content (AvgIpc) is 2.72.